The summed E-state index contributed by atoms with van der Waals surface area (Å²) in [5, 5.41) is 1.64. The molecule has 58 valence electrons. The van der Waals surface area contributed by atoms with Crippen molar-refractivity contribution in [2.45, 2.75) is 12.7 Å². The van der Waals surface area contributed by atoms with Crippen molar-refractivity contribution < 1.29 is 5.48 Å². The van der Waals surface area contributed by atoms with Gasteiger partial charge in [-0.15, -0.1) is 0 Å². The molecule has 3 rings (SSSR count). The molecule has 0 atom stereocenters. The van der Waals surface area contributed by atoms with Crippen molar-refractivity contribution >= 4 is 10.8 Å². The zero-order chi connectivity index (χ0) is 11.6. The molecule has 0 heterocycles. The SMILES string of the molecule is [2H]C1([2H])c2cccc3cccc(c23)C1([2H])[2H]. The van der Waals surface area contributed by atoms with Gasteiger partial charge in [0, 0.05) is 5.48 Å². The molecular formula is C12H10. The van der Waals surface area contributed by atoms with Gasteiger partial charge in [0.15, 0.2) is 0 Å². The Morgan fingerprint density at radius 1 is 0.917 bits per heavy atom. The molecule has 0 heteroatoms. The third-order valence-electron chi connectivity index (χ3n) is 2.24. The van der Waals surface area contributed by atoms with Gasteiger partial charge in [-0.05, 0) is 34.6 Å². The van der Waals surface area contributed by atoms with E-state index in [9.17, 15) is 0 Å². The van der Waals surface area contributed by atoms with E-state index in [0.717, 1.165) is 10.8 Å². The van der Waals surface area contributed by atoms with E-state index in [1.165, 1.54) is 0 Å². The van der Waals surface area contributed by atoms with Gasteiger partial charge in [-0.3, -0.25) is 0 Å². The van der Waals surface area contributed by atoms with Crippen molar-refractivity contribution in [1.82, 2.24) is 0 Å². The van der Waals surface area contributed by atoms with Crippen LogP contribution in [0.15, 0.2) is 36.4 Å². The van der Waals surface area contributed by atoms with Gasteiger partial charge < -0.3 is 0 Å². The summed E-state index contributed by atoms with van der Waals surface area (Å²) in [6, 6.07) is 10.7. The molecule has 2 aromatic carbocycles. The lowest BCUT2D eigenvalue weighted by Gasteiger charge is -1.99. The summed E-state index contributed by atoms with van der Waals surface area (Å²) in [5.41, 5.74) is 0.927. The average molecular weight is 158 g/mol. The number of aryl methyl sites for hydroxylation is 2. The first kappa shape index (κ1) is 3.61. The van der Waals surface area contributed by atoms with Crippen molar-refractivity contribution in [3.05, 3.63) is 47.5 Å². The maximum atomic E-state index is 7.95. The highest BCUT2D eigenvalue weighted by molar-refractivity contribution is 5.90. The predicted molar refractivity (Wildman–Crippen MR) is 51.4 cm³/mol. The summed E-state index contributed by atoms with van der Waals surface area (Å²) in [6.07, 6.45) is -3.90. The number of benzene rings is 2. The van der Waals surface area contributed by atoms with E-state index in [4.69, 9.17) is 5.48 Å². The van der Waals surface area contributed by atoms with Crippen LogP contribution in [-0.4, -0.2) is 0 Å². The van der Waals surface area contributed by atoms with Gasteiger partial charge in [-0.1, -0.05) is 36.4 Å². The van der Waals surface area contributed by atoms with Gasteiger partial charge >= 0.3 is 0 Å². The van der Waals surface area contributed by atoms with E-state index in [1.807, 2.05) is 12.1 Å². The lowest BCUT2D eigenvalue weighted by atomic mass is 10.1. The molecule has 0 N–H and O–H groups in total. The summed E-state index contributed by atoms with van der Waals surface area (Å²) < 4.78 is 31.8. The standard InChI is InChI=1S/C12H10/c1-3-9-4-2-6-11-8-7-10(5-1)12(9)11/h1-6H,7-8H2/i7D2,8D2. The molecular weight excluding hydrogens is 144 g/mol. The summed E-state index contributed by atoms with van der Waals surface area (Å²) in [6.45, 7) is 0. The molecule has 0 aromatic heterocycles. The molecule has 0 radical (unpaired) electrons. The highest BCUT2D eigenvalue weighted by Crippen LogP contribution is 2.29. The van der Waals surface area contributed by atoms with Crippen LogP contribution in [0.5, 0.6) is 0 Å². The van der Waals surface area contributed by atoms with Crippen LogP contribution in [-0.2, 0) is 12.7 Å². The van der Waals surface area contributed by atoms with Crippen molar-refractivity contribution in [3.63, 3.8) is 0 Å². The van der Waals surface area contributed by atoms with Crippen molar-refractivity contribution in [1.29, 1.82) is 0 Å². The smallest absolute Gasteiger partial charge is 0.0320 e. The van der Waals surface area contributed by atoms with Gasteiger partial charge in [0.2, 0.25) is 0 Å². The Kier molecular flexibility index (Phi) is 0.632. The first-order valence-corrected chi connectivity index (χ1v) is 3.99. The van der Waals surface area contributed by atoms with Gasteiger partial charge in [-0.2, -0.15) is 0 Å². The second-order valence-corrected chi connectivity index (χ2v) is 2.96. The number of hydrogen-bond acceptors (Lipinski definition) is 0. The highest BCUT2D eigenvalue weighted by atomic mass is 14.2. The zero-order valence-electron chi connectivity index (χ0n) is 10.5. The molecule has 12 heavy (non-hydrogen) atoms. The Labute approximate surface area is 77.5 Å². The first-order chi connectivity index (χ1) is 7.46. The molecule has 2 aromatic rings. The Hall–Kier alpha value is -1.30. The van der Waals surface area contributed by atoms with Crippen LogP contribution < -0.4 is 0 Å². The lowest BCUT2D eigenvalue weighted by Crippen LogP contribution is -1.76. The monoisotopic (exact) mass is 158 g/mol. The van der Waals surface area contributed by atoms with Crippen molar-refractivity contribution in [2.24, 2.45) is 0 Å². The van der Waals surface area contributed by atoms with Crippen LogP contribution in [0.1, 0.15) is 16.6 Å². The maximum Gasteiger partial charge on any atom is 0.0320 e. The highest BCUT2D eigenvalue weighted by Gasteiger charge is 2.11. The fourth-order valence-corrected chi connectivity index (χ4v) is 1.68. The zero-order valence-corrected chi connectivity index (χ0v) is 6.46. The van der Waals surface area contributed by atoms with Crippen LogP contribution in [0, 0.1) is 0 Å². The topological polar surface area (TPSA) is 0 Å². The number of hydrogen-bond donors (Lipinski definition) is 0. The fourth-order valence-electron chi connectivity index (χ4n) is 1.68. The predicted octanol–water partition coefficient (Wildman–Crippen LogP) is 2.94. The summed E-state index contributed by atoms with van der Waals surface area (Å²) >= 11 is 0. The van der Waals surface area contributed by atoms with Crippen molar-refractivity contribution in [2.75, 3.05) is 0 Å². The summed E-state index contributed by atoms with van der Waals surface area (Å²) in [7, 11) is 0. The second-order valence-electron chi connectivity index (χ2n) is 2.96. The Bertz CT molecular complexity index is 538. The molecule has 1 aliphatic rings. The molecule has 0 spiro atoms. The Morgan fingerprint density at radius 3 is 2.08 bits per heavy atom. The molecule has 0 fully saturated rings. The Morgan fingerprint density at radius 2 is 1.50 bits per heavy atom. The van der Waals surface area contributed by atoms with Crippen LogP contribution >= 0.6 is 0 Å². The van der Waals surface area contributed by atoms with Crippen LogP contribution in [0.25, 0.3) is 10.8 Å². The van der Waals surface area contributed by atoms with E-state index in [1.54, 1.807) is 24.3 Å². The summed E-state index contributed by atoms with van der Waals surface area (Å²) in [4.78, 5) is 0. The summed E-state index contributed by atoms with van der Waals surface area (Å²) in [5.74, 6) is 0. The molecule has 0 saturated carbocycles. The average Bonchev–Trinajstić information content (AvgIpc) is 2.40. The molecule has 0 saturated heterocycles. The van der Waals surface area contributed by atoms with Gasteiger partial charge in [0.05, 0.1) is 0 Å². The molecule has 0 nitrogen and oxygen atoms in total. The third kappa shape index (κ3) is 0.672. The van der Waals surface area contributed by atoms with E-state index in [0.29, 0.717) is 11.1 Å². The minimum atomic E-state index is -1.95. The van der Waals surface area contributed by atoms with E-state index in [2.05, 4.69) is 0 Å². The molecule has 1 aliphatic carbocycles. The van der Waals surface area contributed by atoms with Gasteiger partial charge in [0.25, 0.3) is 0 Å². The second kappa shape index (κ2) is 2.10. The van der Waals surface area contributed by atoms with E-state index in [-0.39, 0.29) is 0 Å². The third-order valence-corrected chi connectivity index (χ3v) is 2.24. The molecule has 0 unspecified atom stereocenters. The van der Waals surface area contributed by atoms with Crippen LogP contribution in [0.4, 0.5) is 0 Å². The van der Waals surface area contributed by atoms with E-state index >= 15 is 0 Å². The van der Waals surface area contributed by atoms with E-state index < -0.39 is 12.7 Å². The molecule has 0 aliphatic heterocycles. The minimum Gasteiger partial charge on any atom is -0.0614 e. The van der Waals surface area contributed by atoms with Crippen LogP contribution in [0.3, 0.4) is 0 Å². The van der Waals surface area contributed by atoms with Gasteiger partial charge in [0.1, 0.15) is 0 Å². The van der Waals surface area contributed by atoms with Crippen LogP contribution in [0.2, 0.25) is 0 Å². The number of rotatable bonds is 0. The lowest BCUT2D eigenvalue weighted by molar-refractivity contribution is 1.02. The quantitative estimate of drug-likeness (QED) is 0.553. The maximum absolute atomic E-state index is 7.95. The normalized spacial score (nSPS) is 27.3. The first-order valence-electron chi connectivity index (χ1n) is 5.99. The largest absolute Gasteiger partial charge is 0.0614 e. The van der Waals surface area contributed by atoms with Crippen molar-refractivity contribution in [3.8, 4) is 0 Å². The Balaban J connectivity index is 2.54. The van der Waals surface area contributed by atoms with Gasteiger partial charge in [-0.25, -0.2) is 0 Å². The molecule has 0 bridgehead atoms. The fraction of sp³-hybridized carbons (Fsp3) is 0.167. The molecule has 0 amide bonds. The minimum absolute atomic E-state index is 0.464.